The Labute approximate surface area is 129 Å². The van der Waals surface area contributed by atoms with E-state index in [0.29, 0.717) is 0 Å². The molecule has 1 unspecified atom stereocenters. The first-order chi connectivity index (χ1) is 10.7. The molecule has 0 fully saturated rings. The molecule has 2 aromatic heterocycles. The van der Waals surface area contributed by atoms with Gasteiger partial charge in [-0.2, -0.15) is 0 Å². The second kappa shape index (κ2) is 4.83. The lowest BCUT2D eigenvalue weighted by Gasteiger charge is -2.23. The monoisotopic (exact) mass is 293 g/mol. The van der Waals surface area contributed by atoms with Crippen molar-refractivity contribution >= 4 is 16.7 Å². The summed E-state index contributed by atoms with van der Waals surface area (Å²) in [6.07, 6.45) is 5.54. The number of aryl methyl sites for hydroxylation is 2. The average Bonchev–Trinajstić information content (AvgIpc) is 3.05. The molecule has 0 N–H and O–H groups in total. The van der Waals surface area contributed by atoms with Crippen molar-refractivity contribution in [1.82, 2.24) is 14.1 Å². The van der Waals surface area contributed by atoms with Crippen LogP contribution in [0.15, 0.2) is 36.8 Å². The first-order valence-electron chi connectivity index (χ1n) is 7.74. The van der Waals surface area contributed by atoms with E-state index in [4.69, 9.17) is 0 Å². The molecule has 0 radical (unpaired) electrons. The van der Waals surface area contributed by atoms with E-state index < -0.39 is 0 Å². The lowest BCUT2D eigenvalue weighted by Crippen LogP contribution is -2.27. The number of fused-ring (bicyclic) bond motifs is 3. The Kier molecular flexibility index (Phi) is 2.93. The topological polar surface area (TPSA) is 39.8 Å². The van der Waals surface area contributed by atoms with Gasteiger partial charge in [0, 0.05) is 53.6 Å². The average molecular weight is 293 g/mol. The summed E-state index contributed by atoms with van der Waals surface area (Å²) in [7, 11) is 2.06. The Bertz CT molecular complexity index is 872. The van der Waals surface area contributed by atoms with Gasteiger partial charge < -0.3 is 9.13 Å². The molecule has 0 bridgehead atoms. The van der Waals surface area contributed by atoms with Gasteiger partial charge in [-0.25, -0.2) is 4.98 Å². The molecule has 4 nitrogen and oxygen atoms in total. The van der Waals surface area contributed by atoms with E-state index in [1.165, 1.54) is 5.69 Å². The summed E-state index contributed by atoms with van der Waals surface area (Å²) in [6.45, 7) is 2.76. The molecule has 1 aliphatic rings. The van der Waals surface area contributed by atoms with Crippen LogP contribution in [0.1, 0.15) is 28.2 Å². The Hall–Kier alpha value is -2.36. The highest BCUT2D eigenvalue weighted by Crippen LogP contribution is 2.34. The maximum atomic E-state index is 13.0. The molecule has 0 amide bonds. The molecule has 4 rings (SSSR count). The fraction of sp³-hybridized carbons (Fsp3) is 0.333. The maximum absolute atomic E-state index is 13.0. The number of Topliss-reactive ketones (excluding diaryl/α,β-unsaturated/α-hetero) is 1. The van der Waals surface area contributed by atoms with Gasteiger partial charge in [0.15, 0.2) is 5.78 Å². The third-order valence-corrected chi connectivity index (χ3v) is 4.91. The zero-order valence-corrected chi connectivity index (χ0v) is 12.9. The van der Waals surface area contributed by atoms with Crippen molar-refractivity contribution in [2.45, 2.75) is 26.3 Å². The van der Waals surface area contributed by atoms with Gasteiger partial charge in [0.1, 0.15) is 0 Å². The molecule has 3 aromatic rings. The minimum absolute atomic E-state index is 0.0474. The van der Waals surface area contributed by atoms with Crippen molar-refractivity contribution in [3.63, 3.8) is 0 Å². The Balaban J connectivity index is 1.77. The first kappa shape index (κ1) is 13.3. The molecule has 0 aliphatic heterocycles. The van der Waals surface area contributed by atoms with Gasteiger partial charge in [-0.1, -0.05) is 18.2 Å². The molecular formula is C18H19N3O. The van der Waals surface area contributed by atoms with E-state index in [-0.39, 0.29) is 11.7 Å². The normalized spacial score (nSPS) is 17.9. The summed E-state index contributed by atoms with van der Waals surface area (Å²) in [5.74, 6) is 0.331. The molecule has 1 aromatic carbocycles. The summed E-state index contributed by atoms with van der Waals surface area (Å²) in [4.78, 5) is 17.2. The molecule has 0 saturated carbocycles. The summed E-state index contributed by atoms with van der Waals surface area (Å²) >= 11 is 0. The fourth-order valence-electron chi connectivity index (χ4n) is 3.65. The van der Waals surface area contributed by atoms with Crippen LogP contribution in [0.4, 0.5) is 0 Å². The summed E-state index contributed by atoms with van der Waals surface area (Å²) < 4.78 is 4.26. The Morgan fingerprint density at radius 2 is 2.14 bits per heavy atom. The van der Waals surface area contributed by atoms with Crippen LogP contribution >= 0.6 is 0 Å². The maximum Gasteiger partial charge on any atom is 0.170 e. The number of ketones is 1. The number of aromatic nitrogens is 3. The van der Waals surface area contributed by atoms with Gasteiger partial charge in [-0.3, -0.25) is 4.79 Å². The smallest absolute Gasteiger partial charge is 0.170 e. The quantitative estimate of drug-likeness (QED) is 0.728. The fourth-order valence-corrected chi connectivity index (χ4v) is 3.65. The lowest BCUT2D eigenvalue weighted by atomic mass is 9.85. The SMILES string of the molecule is Cc1cncn1CC1CCc2c(c3ccccc3n2C)C1=O. The Morgan fingerprint density at radius 3 is 2.91 bits per heavy atom. The highest BCUT2D eigenvalue weighted by molar-refractivity contribution is 6.11. The second-order valence-electron chi connectivity index (χ2n) is 6.19. The molecule has 1 atom stereocenters. The second-order valence-corrected chi connectivity index (χ2v) is 6.19. The number of carbonyl (C=O) groups excluding carboxylic acids is 1. The lowest BCUT2D eigenvalue weighted by molar-refractivity contribution is 0.0888. The van der Waals surface area contributed by atoms with Crippen LogP contribution in [-0.2, 0) is 20.0 Å². The minimum Gasteiger partial charge on any atom is -0.347 e. The number of para-hydroxylation sites is 1. The molecule has 4 heteroatoms. The predicted octanol–water partition coefficient (Wildman–Crippen LogP) is 3.13. The van der Waals surface area contributed by atoms with Crippen molar-refractivity contribution in [1.29, 1.82) is 0 Å². The molecule has 0 spiro atoms. The van der Waals surface area contributed by atoms with Crippen LogP contribution in [0.5, 0.6) is 0 Å². The van der Waals surface area contributed by atoms with Gasteiger partial charge in [-0.15, -0.1) is 0 Å². The van der Waals surface area contributed by atoms with Crippen molar-refractivity contribution in [2.24, 2.45) is 13.0 Å². The first-order valence-corrected chi connectivity index (χ1v) is 7.74. The van der Waals surface area contributed by atoms with E-state index in [9.17, 15) is 4.79 Å². The van der Waals surface area contributed by atoms with Crippen LogP contribution in [-0.4, -0.2) is 19.9 Å². The highest BCUT2D eigenvalue weighted by atomic mass is 16.1. The van der Waals surface area contributed by atoms with Crippen molar-refractivity contribution in [3.05, 3.63) is 53.7 Å². The zero-order chi connectivity index (χ0) is 15.3. The van der Waals surface area contributed by atoms with Crippen molar-refractivity contribution in [3.8, 4) is 0 Å². The number of carbonyl (C=O) groups is 1. The summed E-state index contributed by atoms with van der Waals surface area (Å²) in [5.41, 5.74) is 4.38. The highest BCUT2D eigenvalue weighted by Gasteiger charge is 2.32. The Morgan fingerprint density at radius 1 is 1.32 bits per heavy atom. The molecule has 112 valence electrons. The number of imidazole rings is 1. The minimum atomic E-state index is 0.0474. The molecule has 0 saturated heterocycles. The molecule has 1 aliphatic carbocycles. The van der Waals surface area contributed by atoms with E-state index in [1.807, 2.05) is 31.6 Å². The van der Waals surface area contributed by atoms with Crippen LogP contribution in [0.25, 0.3) is 10.9 Å². The van der Waals surface area contributed by atoms with Crippen LogP contribution in [0, 0.1) is 12.8 Å². The number of hydrogen-bond donors (Lipinski definition) is 0. The molecular weight excluding hydrogens is 274 g/mol. The summed E-state index contributed by atoms with van der Waals surface area (Å²) in [5, 5.41) is 1.09. The zero-order valence-electron chi connectivity index (χ0n) is 12.9. The summed E-state index contributed by atoms with van der Waals surface area (Å²) in [6, 6.07) is 8.21. The predicted molar refractivity (Wildman–Crippen MR) is 86.0 cm³/mol. The number of hydrogen-bond acceptors (Lipinski definition) is 2. The van der Waals surface area contributed by atoms with Crippen LogP contribution in [0.3, 0.4) is 0 Å². The van der Waals surface area contributed by atoms with E-state index in [2.05, 4.69) is 33.3 Å². The van der Waals surface area contributed by atoms with Crippen molar-refractivity contribution < 1.29 is 4.79 Å². The standard InChI is InChI=1S/C18H19N3O/c1-12-9-19-11-21(12)10-13-7-8-16-17(18(13)22)14-5-3-4-6-15(14)20(16)2/h3-6,9,11,13H,7-8,10H2,1-2H3. The van der Waals surface area contributed by atoms with E-state index >= 15 is 0 Å². The third kappa shape index (κ3) is 1.83. The van der Waals surface area contributed by atoms with Gasteiger partial charge in [0.25, 0.3) is 0 Å². The number of benzene rings is 1. The van der Waals surface area contributed by atoms with Gasteiger partial charge >= 0.3 is 0 Å². The van der Waals surface area contributed by atoms with Crippen LogP contribution < -0.4 is 0 Å². The van der Waals surface area contributed by atoms with E-state index in [0.717, 1.165) is 41.5 Å². The molecule has 2 heterocycles. The molecule has 22 heavy (non-hydrogen) atoms. The van der Waals surface area contributed by atoms with Gasteiger partial charge in [0.05, 0.1) is 6.33 Å². The largest absolute Gasteiger partial charge is 0.347 e. The van der Waals surface area contributed by atoms with E-state index in [1.54, 1.807) is 0 Å². The van der Waals surface area contributed by atoms with Crippen LogP contribution in [0.2, 0.25) is 0 Å². The van der Waals surface area contributed by atoms with Crippen molar-refractivity contribution in [2.75, 3.05) is 0 Å². The van der Waals surface area contributed by atoms with Gasteiger partial charge in [-0.05, 0) is 25.8 Å². The third-order valence-electron chi connectivity index (χ3n) is 4.91. The van der Waals surface area contributed by atoms with Gasteiger partial charge in [0.2, 0.25) is 0 Å². The number of nitrogens with zero attached hydrogens (tertiary/aromatic N) is 3. The number of rotatable bonds is 2.